The van der Waals surface area contributed by atoms with Gasteiger partial charge in [0.25, 0.3) is 0 Å². The first-order valence-electron chi connectivity index (χ1n) is 17.7. The van der Waals surface area contributed by atoms with Gasteiger partial charge in [0.1, 0.15) is 6.10 Å². The first kappa shape index (κ1) is 42.2. The van der Waals surface area contributed by atoms with E-state index in [-0.39, 0.29) is 32.3 Å². The molecular formula is C34H68NO7P. The molecule has 0 aromatic carbocycles. The summed E-state index contributed by atoms with van der Waals surface area (Å²) in [5.74, 6) is -0.339. The van der Waals surface area contributed by atoms with Gasteiger partial charge in [-0.3, -0.25) is 13.8 Å². The highest BCUT2D eigenvalue weighted by atomic mass is 31.2. The maximum atomic E-state index is 12.5. The summed E-state index contributed by atoms with van der Waals surface area (Å²) in [5.41, 5.74) is 5.33. The van der Waals surface area contributed by atoms with Crippen LogP contribution in [0, 0.1) is 0 Å². The standard InChI is InChI=1S/C34H68NO7P/c1-3-5-7-9-11-13-14-15-16-17-18-19-21-23-25-27-34(36)42-33(32-41-43(37,38)40-30-28-35)31-39-29-26-24-22-20-12-10-8-6-4-2/h15-16,33H,3-14,17-32,35H2,1-2H3,(H,37,38)/b16-15-. The van der Waals surface area contributed by atoms with Crippen LogP contribution in [-0.2, 0) is 27.9 Å². The molecule has 0 rings (SSSR count). The van der Waals surface area contributed by atoms with Gasteiger partial charge < -0.3 is 20.1 Å². The van der Waals surface area contributed by atoms with Crippen LogP contribution in [0.25, 0.3) is 0 Å². The summed E-state index contributed by atoms with van der Waals surface area (Å²) in [6, 6.07) is 0. The highest BCUT2D eigenvalue weighted by Gasteiger charge is 2.25. The Morgan fingerprint density at radius 1 is 0.674 bits per heavy atom. The predicted molar refractivity (Wildman–Crippen MR) is 178 cm³/mol. The van der Waals surface area contributed by atoms with Crippen molar-refractivity contribution in [2.24, 2.45) is 5.73 Å². The molecule has 0 heterocycles. The van der Waals surface area contributed by atoms with Crippen LogP contribution in [0.1, 0.15) is 162 Å². The normalized spacial score (nSPS) is 13.9. The Hall–Kier alpha value is -0.760. The lowest BCUT2D eigenvalue weighted by Crippen LogP contribution is -2.28. The van der Waals surface area contributed by atoms with Crippen molar-refractivity contribution in [2.45, 2.75) is 168 Å². The second-order valence-corrected chi connectivity index (χ2v) is 13.2. The maximum Gasteiger partial charge on any atom is 0.472 e. The molecule has 256 valence electrons. The Kier molecular flexibility index (Phi) is 32.1. The summed E-state index contributed by atoms with van der Waals surface area (Å²) in [7, 11) is -4.26. The number of unbranched alkanes of at least 4 members (excludes halogenated alkanes) is 19. The second kappa shape index (κ2) is 32.6. The Balaban J connectivity index is 4.10. The molecule has 0 aliphatic carbocycles. The summed E-state index contributed by atoms with van der Waals surface area (Å²) in [5, 5.41) is 0. The first-order chi connectivity index (χ1) is 20.9. The van der Waals surface area contributed by atoms with Crippen molar-refractivity contribution < 1.29 is 32.8 Å². The van der Waals surface area contributed by atoms with E-state index in [0.717, 1.165) is 44.9 Å². The molecule has 0 fully saturated rings. The van der Waals surface area contributed by atoms with Crippen LogP contribution >= 0.6 is 7.82 Å². The van der Waals surface area contributed by atoms with Gasteiger partial charge in [0, 0.05) is 19.6 Å². The van der Waals surface area contributed by atoms with Crippen LogP contribution in [0.15, 0.2) is 12.2 Å². The Labute approximate surface area is 264 Å². The van der Waals surface area contributed by atoms with Gasteiger partial charge >= 0.3 is 13.8 Å². The van der Waals surface area contributed by atoms with E-state index in [1.54, 1.807) is 0 Å². The summed E-state index contributed by atoms with van der Waals surface area (Å²) >= 11 is 0. The molecule has 2 atom stereocenters. The molecule has 0 amide bonds. The third kappa shape index (κ3) is 32.4. The number of hydrogen-bond acceptors (Lipinski definition) is 7. The fourth-order valence-electron chi connectivity index (χ4n) is 4.81. The molecule has 0 aliphatic rings. The number of carbonyl (C=O) groups excluding carboxylic acids is 1. The predicted octanol–water partition coefficient (Wildman–Crippen LogP) is 9.58. The molecule has 0 saturated heterocycles. The molecule has 9 heteroatoms. The summed E-state index contributed by atoms with van der Waals surface area (Å²) in [6.07, 6.45) is 30.8. The van der Waals surface area contributed by atoms with Gasteiger partial charge in [-0.1, -0.05) is 129 Å². The lowest BCUT2D eigenvalue weighted by molar-refractivity contribution is -0.154. The molecule has 8 nitrogen and oxygen atoms in total. The molecule has 43 heavy (non-hydrogen) atoms. The van der Waals surface area contributed by atoms with Crippen LogP contribution in [0.4, 0.5) is 0 Å². The maximum absolute atomic E-state index is 12.5. The van der Waals surface area contributed by atoms with Gasteiger partial charge in [0.05, 0.1) is 19.8 Å². The SMILES string of the molecule is CCCCCCCC/C=C\CCCCCCCC(=O)OC(COCCCCCCCCCCC)COP(=O)(O)OCCN. The van der Waals surface area contributed by atoms with Crippen molar-refractivity contribution in [3.8, 4) is 0 Å². The van der Waals surface area contributed by atoms with Crippen LogP contribution in [0.5, 0.6) is 0 Å². The second-order valence-electron chi connectivity index (χ2n) is 11.7. The Morgan fingerprint density at radius 2 is 1.16 bits per heavy atom. The molecule has 0 aromatic rings. The number of phosphoric ester groups is 1. The van der Waals surface area contributed by atoms with E-state index in [0.29, 0.717) is 13.0 Å². The summed E-state index contributed by atoms with van der Waals surface area (Å²) < 4.78 is 33.1. The number of hydrogen-bond donors (Lipinski definition) is 2. The first-order valence-corrected chi connectivity index (χ1v) is 19.2. The van der Waals surface area contributed by atoms with Gasteiger partial charge in [0.2, 0.25) is 0 Å². The van der Waals surface area contributed by atoms with E-state index < -0.39 is 13.9 Å². The molecule has 3 N–H and O–H groups in total. The van der Waals surface area contributed by atoms with Crippen LogP contribution in [0.3, 0.4) is 0 Å². The van der Waals surface area contributed by atoms with Gasteiger partial charge in [-0.05, 0) is 38.5 Å². The number of allylic oxidation sites excluding steroid dienone is 2. The summed E-state index contributed by atoms with van der Waals surface area (Å²) in [4.78, 5) is 22.3. The van der Waals surface area contributed by atoms with Crippen molar-refractivity contribution in [3.63, 3.8) is 0 Å². The average molecular weight is 634 g/mol. The van der Waals surface area contributed by atoms with E-state index in [9.17, 15) is 14.3 Å². The van der Waals surface area contributed by atoms with Gasteiger partial charge in [0.15, 0.2) is 0 Å². The molecule has 0 aromatic heterocycles. The largest absolute Gasteiger partial charge is 0.472 e. The van der Waals surface area contributed by atoms with Crippen LogP contribution < -0.4 is 5.73 Å². The highest BCUT2D eigenvalue weighted by molar-refractivity contribution is 7.47. The quantitative estimate of drug-likeness (QED) is 0.0311. The topological polar surface area (TPSA) is 117 Å². The lowest BCUT2D eigenvalue weighted by atomic mass is 10.1. The van der Waals surface area contributed by atoms with E-state index in [1.165, 1.54) is 96.3 Å². The number of nitrogens with two attached hydrogens (primary N) is 1. The van der Waals surface area contributed by atoms with Crippen molar-refractivity contribution >= 4 is 13.8 Å². The Bertz CT molecular complexity index is 677. The van der Waals surface area contributed by atoms with Crippen molar-refractivity contribution in [1.29, 1.82) is 0 Å². The van der Waals surface area contributed by atoms with Gasteiger partial charge in [-0.15, -0.1) is 0 Å². The monoisotopic (exact) mass is 633 g/mol. The zero-order chi connectivity index (χ0) is 31.7. The van der Waals surface area contributed by atoms with Gasteiger partial charge in [-0.2, -0.15) is 0 Å². The van der Waals surface area contributed by atoms with E-state index >= 15 is 0 Å². The van der Waals surface area contributed by atoms with Crippen LogP contribution in [-0.4, -0.2) is 49.9 Å². The Morgan fingerprint density at radius 3 is 1.70 bits per heavy atom. The fraction of sp³-hybridized carbons (Fsp3) is 0.912. The number of carbonyl (C=O) groups is 1. The zero-order valence-electron chi connectivity index (χ0n) is 28.0. The number of esters is 1. The molecular weight excluding hydrogens is 565 g/mol. The van der Waals surface area contributed by atoms with Crippen LogP contribution in [0.2, 0.25) is 0 Å². The number of rotatable bonds is 34. The van der Waals surface area contributed by atoms with E-state index in [2.05, 4.69) is 26.0 Å². The number of ether oxygens (including phenoxy) is 2. The minimum absolute atomic E-state index is 0.0944. The third-order valence-corrected chi connectivity index (χ3v) is 8.42. The fourth-order valence-corrected chi connectivity index (χ4v) is 5.58. The van der Waals surface area contributed by atoms with Crippen molar-refractivity contribution in [3.05, 3.63) is 12.2 Å². The van der Waals surface area contributed by atoms with Crippen molar-refractivity contribution in [2.75, 3.05) is 33.0 Å². The molecule has 0 aliphatic heterocycles. The smallest absolute Gasteiger partial charge is 0.457 e. The molecule has 0 spiro atoms. The van der Waals surface area contributed by atoms with E-state index in [4.69, 9.17) is 24.3 Å². The van der Waals surface area contributed by atoms with Crippen molar-refractivity contribution in [1.82, 2.24) is 0 Å². The van der Waals surface area contributed by atoms with E-state index in [1.807, 2.05) is 0 Å². The minimum atomic E-state index is -4.26. The molecule has 0 bridgehead atoms. The zero-order valence-corrected chi connectivity index (χ0v) is 28.8. The number of phosphoric acid groups is 1. The molecule has 2 unspecified atom stereocenters. The molecule has 0 saturated carbocycles. The molecule has 0 radical (unpaired) electrons. The average Bonchev–Trinajstić information content (AvgIpc) is 2.99. The highest BCUT2D eigenvalue weighted by Crippen LogP contribution is 2.43. The minimum Gasteiger partial charge on any atom is -0.457 e. The lowest BCUT2D eigenvalue weighted by Gasteiger charge is -2.20. The van der Waals surface area contributed by atoms with Gasteiger partial charge in [-0.25, -0.2) is 4.57 Å². The third-order valence-electron chi connectivity index (χ3n) is 7.43. The summed E-state index contributed by atoms with van der Waals surface area (Å²) in [6.45, 7) is 4.89.